The van der Waals surface area contributed by atoms with Crippen molar-refractivity contribution in [3.63, 3.8) is 0 Å². The van der Waals surface area contributed by atoms with Crippen LogP contribution in [-0.4, -0.2) is 49.8 Å². The first-order chi connectivity index (χ1) is 8.53. The van der Waals surface area contributed by atoms with Gasteiger partial charge in [-0.3, -0.25) is 0 Å². The van der Waals surface area contributed by atoms with Crippen molar-refractivity contribution in [3.8, 4) is 5.75 Å². The van der Waals surface area contributed by atoms with E-state index in [0.29, 0.717) is 26.2 Å². The van der Waals surface area contributed by atoms with Crippen LogP contribution in [0.25, 0.3) is 0 Å². The van der Waals surface area contributed by atoms with Crippen LogP contribution in [-0.2, 0) is 10.0 Å². The fraction of sp³-hybridized carbons (Fsp3) is 0.500. The van der Waals surface area contributed by atoms with Gasteiger partial charge in [-0.15, -0.1) is 0 Å². The second-order valence-electron chi connectivity index (χ2n) is 4.30. The van der Waals surface area contributed by atoms with Crippen molar-refractivity contribution in [2.75, 3.05) is 36.8 Å². The summed E-state index contributed by atoms with van der Waals surface area (Å²) in [4.78, 5) is 2.13. The summed E-state index contributed by atoms with van der Waals surface area (Å²) in [5.74, 6) is 0.401. The Morgan fingerprint density at radius 3 is 2.17 bits per heavy atom. The molecule has 100 valence electrons. The number of benzene rings is 1. The van der Waals surface area contributed by atoms with Gasteiger partial charge < -0.3 is 10.0 Å². The van der Waals surface area contributed by atoms with Gasteiger partial charge in [0.2, 0.25) is 10.0 Å². The Morgan fingerprint density at radius 2 is 1.67 bits per heavy atom. The third-order valence-corrected chi connectivity index (χ3v) is 5.09. The highest BCUT2D eigenvalue weighted by molar-refractivity contribution is 7.89. The van der Waals surface area contributed by atoms with Gasteiger partial charge in [0.1, 0.15) is 5.75 Å². The maximum Gasteiger partial charge on any atom is 0.213 e. The number of aromatic hydroxyl groups is 1. The van der Waals surface area contributed by atoms with E-state index in [2.05, 4.69) is 4.90 Å². The molecule has 0 atom stereocenters. The molecule has 1 saturated heterocycles. The van der Waals surface area contributed by atoms with Crippen LogP contribution in [0.3, 0.4) is 0 Å². The van der Waals surface area contributed by atoms with Gasteiger partial charge in [0.15, 0.2) is 0 Å². The highest BCUT2D eigenvalue weighted by Gasteiger charge is 2.25. The average molecular weight is 270 g/mol. The maximum absolute atomic E-state index is 11.7. The summed E-state index contributed by atoms with van der Waals surface area (Å²) < 4.78 is 25.0. The Hall–Kier alpha value is -1.27. The zero-order chi connectivity index (χ0) is 13.2. The van der Waals surface area contributed by atoms with Gasteiger partial charge in [-0.1, -0.05) is 0 Å². The summed E-state index contributed by atoms with van der Waals surface area (Å²) in [6.45, 7) is 4.09. The normalized spacial score (nSPS) is 17.9. The molecule has 18 heavy (non-hydrogen) atoms. The number of rotatable bonds is 3. The minimum atomic E-state index is -3.07. The van der Waals surface area contributed by atoms with E-state index < -0.39 is 10.0 Å². The molecule has 0 bridgehead atoms. The SMILES string of the molecule is CCS(=O)(=O)N1CCN(c2ccc(O)cc2)CC1. The summed E-state index contributed by atoms with van der Waals surface area (Å²) >= 11 is 0. The molecule has 2 rings (SSSR count). The Labute approximate surface area is 108 Å². The summed E-state index contributed by atoms with van der Waals surface area (Å²) in [5, 5.41) is 9.23. The number of anilines is 1. The Bertz CT molecular complexity index is 491. The minimum absolute atomic E-state index is 0.159. The number of phenolic OH excluding ortho intramolecular Hbond substituents is 1. The molecule has 5 nitrogen and oxygen atoms in total. The lowest BCUT2D eigenvalue weighted by molar-refractivity contribution is 0.385. The van der Waals surface area contributed by atoms with Crippen LogP contribution in [0.2, 0.25) is 0 Å². The number of phenols is 1. The quantitative estimate of drug-likeness (QED) is 0.885. The first-order valence-corrected chi connectivity index (χ1v) is 7.65. The van der Waals surface area contributed by atoms with Crippen molar-refractivity contribution in [1.82, 2.24) is 4.31 Å². The summed E-state index contributed by atoms with van der Waals surface area (Å²) in [7, 11) is -3.07. The molecule has 0 spiro atoms. The molecule has 1 N–H and O–H groups in total. The standard InChI is InChI=1S/C12H18N2O3S/c1-2-18(16,17)14-9-7-13(8-10-14)11-3-5-12(15)6-4-11/h3-6,15H,2,7-10H2,1H3. The van der Waals surface area contributed by atoms with E-state index >= 15 is 0 Å². The van der Waals surface area contributed by atoms with Crippen LogP contribution >= 0.6 is 0 Å². The van der Waals surface area contributed by atoms with Crippen LogP contribution in [0, 0.1) is 0 Å². The predicted octanol–water partition coefficient (Wildman–Crippen LogP) is 0.864. The van der Waals surface area contributed by atoms with Crippen molar-refractivity contribution >= 4 is 15.7 Å². The van der Waals surface area contributed by atoms with Gasteiger partial charge in [-0.2, -0.15) is 4.31 Å². The van der Waals surface area contributed by atoms with Crippen LogP contribution < -0.4 is 4.90 Å². The highest BCUT2D eigenvalue weighted by atomic mass is 32.2. The van der Waals surface area contributed by atoms with Crippen LogP contribution in [0.5, 0.6) is 5.75 Å². The van der Waals surface area contributed by atoms with Crippen molar-refractivity contribution in [1.29, 1.82) is 0 Å². The molecule has 6 heteroatoms. The number of hydrogen-bond acceptors (Lipinski definition) is 4. The predicted molar refractivity (Wildman–Crippen MR) is 71.4 cm³/mol. The fourth-order valence-corrected chi connectivity index (χ4v) is 3.16. The molecule has 1 aliphatic rings. The van der Waals surface area contributed by atoms with Gasteiger partial charge in [-0.25, -0.2) is 8.42 Å². The molecule has 0 radical (unpaired) electrons. The van der Waals surface area contributed by atoms with Crippen LogP contribution in [0.15, 0.2) is 24.3 Å². The van der Waals surface area contributed by atoms with E-state index in [0.717, 1.165) is 5.69 Å². The first-order valence-electron chi connectivity index (χ1n) is 6.05. The third-order valence-electron chi connectivity index (χ3n) is 3.21. The van der Waals surface area contributed by atoms with E-state index in [1.54, 1.807) is 23.4 Å². The molecule has 1 fully saturated rings. The zero-order valence-electron chi connectivity index (χ0n) is 10.4. The number of hydrogen-bond donors (Lipinski definition) is 1. The summed E-state index contributed by atoms with van der Waals surface area (Å²) in [5.41, 5.74) is 1.02. The molecule has 1 aromatic rings. The Kier molecular flexibility index (Phi) is 3.77. The topological polar surface area (TPSA) is 60.9 Å². The molecule has 0 amide bonds. The average Bonchev–Trinajstić information content (AvgIpc) is 2.40. The van der Waals surface area contributed by atoms with E-state index in [1.165, 1.54) is 0 Å². The largest absolute Gasteiger partial charge is 0.508 e. The van der Waals surface area contributed by atoms with Crippen molar-refractivity contribution in [2.45, 2.75) is 6.92 Å². The minimum Gasteiger partial charge on any atom is -0.508 e. The van der Waals surface area contributed by atoms with E-state index in [-0.39, 0.29) is 11.5 Å². The van der Waals surface area contributed by atoms with Crippen molar-refractivity contribution in [2.24, 2.45) is 0 Å². The summed E-state index contributed by atoms with van der Waals surface area (Å²) in [6.07, 6.45) is 0. The highest BCUT2D eigenvalue weighted by Crippen LogP contribution is 2.20. The molecule has 1 aliphatic heterocycles. The van der Waals surface area contributed by atoms with E-state index in [4.69, 9.17) is 0 Å². The third kappa shape index (κ3) is 2.76. The van der Waals surface area contributed by atoms with Gasteiger partial charge in [0.25, 0.3) is 0 Å². The summed E-state index contributed by atoms with van der Waals surface area (Å²) in [6, 6.07) is 6.98. The molecule has 1 aromatic carbocycles. The smallest absolute Gasteiger partial charge is 0.213 e. The number of sulfonamides is 1. The van der Waals surface area contributed by atoms with Crippen LogP contribution in [0.4, 0.5) is 5.69 Å². The Morgan fingerprint density at radius 1 is 1.11 bits per heavy atom. The molecular weight excluding hydrogens is 252 g/mol. The maximum atomic E-state index is 11.7. The molecule has 0 unspecified atom stereocenters. The van der Waals surface area contributed by atoms with Gasteiger partial charge in [0, 0.05) is 31.9 Å². The fourth-order valence-electron chi connectivity index (χ4n) is 2.07. The molecule has 0 aromatic heterocycles. The van der Waals surface area contributed by atoms with Gasteiger partial charge >= 0.3 is 0 Å². The van der Waals surface area contributed by atoms with E-state index in [1.807, 2.05) is 12.1 Å². The number of nitrogens with zero attached hydrogens (tertiary/aromatic N) is 2. The molecule has 1 heterocycles. The first kappa shape index (κ1) is 13.2. The second kappa shape index (κ2) is 5.16. The van der Waals surface area contributed by atoms with E-state index in [9.17, 15) is 13.5 Å². The van der Waals surface area contributed by atoms with Crippen LogP contribution in [0.1, 0.15) is 6.92 Å². The lowest BCUT2D eigenvalue weighted by atomic mass is 10.2. The van der Waals surface area contributed by atoms with Gasteiger partial charge in [0.05, 0.1) is 5.75 Å². The monoisotopic (exact) mass is 270 g/mol. The molecule has 0 aliphatic carbocycles. The van der Waals surface area contributed by atoms with Crippen molar-refractivity contribution < 1.29 is 13.5 Å². The lowest BCUT2D eigenvalue weighted by Crippen LogP contribution is -2.49. The molecular formula is C12H18N2O3S. The Balaban J connectivity index is 2.01. The lowest BCUT2D eigenvalue weighted by Gasteiger charge is -2.35. The van der Waals surface area contributed by atoms with Gasteiger partial charge in [-0.05, 0) is 31.2 Å². The second-order valence-corrected chi connectivity index (χ2v) is 6.56. The molecule has 0 saturated carbocycles. The van der Waals surface area contributed by atoms with Crippen molar-refractivity contribution in [3.05, 3.63) is 24.3 Å². The zero-order valence-corrected chi connectivity index (χ0v) is 11.2. The number of piperazine rings is 1.